The highest BCUT2D eigenvalue weighted by Crippen LogP contribution is 2.55. The van der Waals surface area contributed by atoms with Crippen molar-refractivity contribution in [3.05, 3.63) is 33.5 Å². The lowest BCUT2D eigenvalue weighted by Gasteiger charge is -2.39. The molecule has 2 fully saturated rings. The van der Waals surface area contributed by atoms with E-state index < -0.39 is 5.41 Å². The molecule has 2 aliphatic heterocycles. The summed E-state index contributed by atoms with van der Waals surface area (Å²) < 4.78 is 8.39. The van der Waals surface area contributed by atoms with Gasteiger partial charge in [-0.15, -0.1) is 11.3 Å². The van der Waals surface area contributed by atoms with Crippen LogP contribution in [0.4, 0.5) is 10.8 Å². The fraction of sp³-hybridized carbons (Fsp3) is 0.594. The summed E-state index contributed by atoms with van der Waals surface area (Å²) in [6.07, 6.45) is 10.7. The molecule has 0 amide bonds. The van der Waals surface area contributed by atoms with Crippen LogP contribution in [0.15, 0.2) is 10.7 Å². The number of nitriles is 1. The van der Waals surface area contributed by atoms with Crippen molar-refractivity contribution >= 4 is 33.2 Å². The van der Waals surface area contributed by atoms with Crippen molar-refractivity contribution < 1.29 is 9.63 Å². The summed E-state index contributed by atoms with van der Waals surface area (Å²) in [5, 5.41) is 31.1. The lowest BCUT2D eigenvalue weighted by atomic mass is 9.63. The molecule has 4 aromatic heterocycles. The Balaban J connectivity index is 1.29. The first-order valence-corrected chi connectivity index (χ1v) is 16.9. The van der Waals surface area contributed by atoms with Crippen LogP contribution in [-0.4, -0.2) is 74.2 Å². The van der Waals surface area contributed by atoms with Crippen molar-refractivity contribution in [2.24, 2.45) is 5.92 Å². The monoisotopic (exact) mass is 613 g/mol. The third kappa shape index (κ3) is 4.05. The van der Waals surface area contributed by atoms with Crippen LogP contribution in [0.3, 0.4) is 0 Å². The summed E-state index contributed by atoms with van der Waals surface area (Å²) in [5.74, 6) is 2.48. The molecule has 4 atom stereocenters. The van der Waals surface area contributed by atoms with Gasteiger partial charge in [-0.3, -0.25) is 0 Å². The number of rotatable bonds is 5. The second-order valence-electron chi connectivity index (χ2n) is 13.3. The summed E-state index contributed by atoms with van der Waals surface area (Å²) in [5.41, 5.74) is 10.2. The molecule has 8 rings (SSSR count). The van der Waals surface area contributed by atoms with Crippen molar-refractivity contribution in [3.63, 3.8) is 0 Å². The van der Waals surface area contributed by atoms with Gasteiger partial charge >= 0.3 is 0 Å². The molecule has 4 aromatic rings. The van der Waals surface area contributed by atoms with Gasteiger partial charge in [0, 0.05) is 42.1 Å². The summed E-state index contributed by atoms with van der Waals surface area (Å²) in [7, 11) is 2.19. The van der Waals surface area contributed by atoms with E-state index in [1.807, 2.05) is 6.20 Å². The van der Waals surface area contributed by atoms with Gasteiger partial charge in [-0.2, -0.15) is 10.4 Å². The number of aromatic nitrogens is 5. The molecule has 0 bridgehead atoms. The Morgan fingerprint density at radius 2 is 2.05 bits per heavy atom. The van der Waals surface area contributed by atoms with Crippen LogP contribution in [-0.2, 0) is 18.3 Å². The molecular weight excluding hydrogens is 574 g/mol. The van der Waals surface area contributed by atoms with E-state index in [9.17, 15) is 10.4 Å². The van der Waals surface area contributed by atoms with E-state index >= 15 is 0 Å². The minimum absolute atomic E-state index is 0.142. The number of fused-ring (bicyclic) bond motifs is 5. The van der Waals surface area contributed by atoms with E-state index in [0.29, 0.717) is 28.1 Å². The van der Waals surface area contributed by atoms with Gasteiger partial charge in [0.1, 0.15) is 16.9 Å². The number of anilines is 2. The van der Waals surface area contributed by atoms with Gasteiger partial charge in [-0.1, -0.05) is 5.16 Å². The number of aryl methyl sites for hydroxylation is 1. The van der Waals surface area contributed by atoms with E-state index in [1.54, 1.807) is 11.3 Å². The maximum absolute atomic E-state index is 10.1. The average Bonchev–Trinajstić information content (AvgIpc) is 3.86. The lowest BCUT2D eigenvalue weighted by molar-refractivity contribution is 0.232. The zero-order valence-electron chi connectivity index (χ0n) is 25.4. The molecule has 3 N–H and O–H groups in total. The maximum Gasteiger partial charge on any atom is 0.186 e. The van der Waals surface area contributed by atoms with Crippen molar-refractivity contribution in [2.75, 3.05) is 43.9 Å². The van der Waals surface area contributed by atoms with Crippen LogP contribution in [0.5, 0.6) is 0 Å². The minimum atomic E-state index is -0.398. The number of likely N-dealkylation sites (tertiary alicyclic amines) is 1. The highest BCUT2D eigenvalue weighted by molar-refractivity contribution is 7.16. The molecule has 44 heavy (non-hydrogen) atoms. The highest BCUT2D eigenvalue weighted by Gasteiger charge is 2.49. The van der Waals surface area contributed by atoms with Crippen LogP contribution in [0.2, 0.25) is 0 Å². The summed E-state index contributed by atoms with van der Waals surface area (Å²) >= 11 is 1.55. The van der Waals surface area contributed by atoms with Crippen LogP contribution >= 0.6 is 11.3 Å². The van der Waals surface area contributed by atoms with E-state index in [1.165, 1.54) is 11.3 Å². The average molecular weight is 614 g/mol. The van der Waals surface area contributed by atoms with E-state index in [-0.39, 0.29) is 18.6 Å². The fourth-order valence-corrected chi connectivity index (χ4v) is 9.82. The van der Waals surface area contributed by atoms with Crippen LogP contribution in [0, 0.1) is 17.2 Å². The second kappa shape index (κ2) is 10.5. The quantitative estimate of drug-likeness (QED) is 0.331. The normalized spacial score (nSPS) is 25.9. The topological polar surface area (TPSA) is 146 Å². The number of hydrogen-bond donors (Lipinski definition) is 2. The molecule has 1 spiro atoms. The third-order valence-corrected chi connectivity index (χ3v) is 11.9. The highest BCUT2D eigenvalue weighted by atomic mass is 32.1. The molecule has 2 saturated heterocycles. The van der Waals surface area contributed by atoms with Gasteiger partial charge in [0.15, 0.2) is 22.9 Å². The number of nitrogens with zero attached hydrogens (tertiary/aromatic N) is 8. The first kappa shape index (κ1) is 28.0. The number of likely N-dealkylation sites (N-methyl/N-ethyl adjacent to an activating group) is 1. The summed E-state index contributed by atoms with van der Waals surface area (Å²) in [6, 6.07) is 2.94. The van der Waals surface area contributed by atoms with E-state index in [4.69, 9.17) is 30.5 Å². The number of hydrogen-bond acceptors (Lipinski definition) is 11. The molecule has 2 aliphatic carbocycles. The van der Waals surface area contributed by atoms with Crippen molar-refractivity contribution in [3.8, 4) is 17.6 Å². The molecule has 6 heterocycles. The molecule has 12 heteroatoms. The molecule has 4 unspecified atom stereocenters. The molecule has 0 aromatic carbocycles. The first-order chi connectivity index (χ1) is 21.4. The Bertz CT molecular complexity index is 1780. The predicted octanol–water partition coefficient (Wildman–Crippen LogP) is 4.43. The van der Waals surface area contributed by atoms with Gasteiger partial charge in [-0.25, -0.2) is 14.6 Å². The maximum atomic E-state index is 10.1. The molecular formula is C32H39N9O2S. The van der Waals surface area contributed by atoms with E-state index in [2.05, 4.69) is 34.5 Å². The number of aliphatic hydroxyl groups is 1. The summed E-state index contributed by atoms with van der Waals surface area (Å²) in [6.45, 7) is 5.06. The standard InChI is InChI=1S/C32H39N9O2S/c1-18(23-7-5-12-39(23)2)41-31-22(15-35-41)30(40-13-9-19(16-40)17-42)36-29(37-31)26-20-6-3-10-32(27(20)43-38-26)11-4-8-24-25(32)21(14-33)28(34)44-24/h15,18-19,23,42H,3-13,16-17,34H2,1-2H3. The van der Waals surface area contributed by atoms with E-state index in [0.717, 1.165) is 105 Å². The SMILES string of the molecule is CC(C1CCCN1C)n1ncc2c(N3CCC(CO)C3)nc(-c3noc4c3CCCC43CCCc4sc(N)c(C#N)c43)nc21. The van der Waals surface area contributed by atoms with Crippen LogP contribution in [0.25, 0.3) is 22.6 Å². The van der Waals surface area contributed by atoms with Gasteiger partial charge in [0.05, 0.1) is 28.6 Å². The Labute approximate surface area is 260 Å². The van der Waals surface area contributed by atoms with Gasteiger partial charge in [0.25, 0.3) is 0 Å². The number of aliphatic hydroxyl groups excluding tert-OH is 1. The molecule has 4 aliphatic rings. The van der Waals surface area contributed by atoms with Gasteiger partial charge in [0.2, 0.25) is 0 Å². The zero-order valence-corrected chi connectivity index (χ0v) is 26.2. The molecule has 0 saturated carbocycles. The van der Waals surface area contributed by atoms with Gasteiger partial charge < -0.3 is 25.2 Å². The third-order valence-electron chi connectivity index (χ3n) is 10.9. The minimum Gasteiger partial charge on any atom is -0.396 e. The number of nitrogen functional groups attached to an aromatic ring is 1. The van der Waals surface area contributed by atoms with Crippen LogP contribution < -0.4 is 10.6 Å². The molecule has 11 nitrogen and oxygen atoms in total. The second-order valence-corrected chi connectivity index (χ2v) is 14.4. The van der Waals surface area contributed by atoms with Gasteiger partial charge in [-0.05, 0) is 83.9 Å². The van der Waals surface area contributed by atoms with Crippen molar-refractivity contribution in [1.29, 1.82) is 5.26 Å². The smallest absolute Gasteiger partial charge is 0.186 e. The zero-order chi connectivity index (χ0) is 30.2. The molecule has 230 valence electrons. The Morgan fingerprint density at radius 1 is 1.20 bits per heavy atom. The Hall–Kier alpha value is -3.53. The molecule has 0 radical (unpaired) electrons. The Morgan fingerprint density at radius 3 is 2.80 bits per heavy atom. The summed E-state index contributed by atoms with van der Waals surface area (Å²) in [4.78, 5) is 16.3. The fourth-order valence-electron chi connectivity index (χ4n) is 8.66. The largest absolute Gasteiger partial charge is 0.396 e. The predicted molar refractivity (Wildman–Crippen MR) is 169 cm³/mol. The Kier molecular flexibility index (Phi) is 6.70. The van der Waals surface area contributed by atoms with Crippen molar-refractivity contribution in [2.45, 2.75) is 82.2 Å². The van der Waals surface area contributed by atoms with Crippen molar-refractivity contribution in [1.82, 2.24) is 29.8 Å². The number of thiophene rings is 1. The first-order valence-electron chi connectivity index (χ1n) is 16.1. The van der Waals surface area contributed by atoms with Crippen LogP contribution in [0.1, 0.15) is 85.2 Å². The lowest BCUT2D eigenvalue weighted by Crippen LogP contribution is -2.35. The number of nitrogens with two attached hydrogens (primary N) is 1.